The van der Waals surface area contributed by atoms with E-state index in [0.29, 0.717) is 10.0 Å². The van der Waals surface area contributed by atoms with Gasteiger partial charge in [0.05, 0.1) is 12.0 Å². The highest BCUT2D eigenvalue weighted by Crippen LogP contribution is 2.24. The molecule has 1 aliphatic carbocycles. The smallest absolute Gasteiger partial charge is 0.171 e. The Kier molecular flexibility index (Phi) is 7.72. The molecule has 0 bridgehead atoms. The van der Waals surface area contributed by atoms with E-state index in [4.69, 9.17) is 21.7 Å². The van der Waals surface area contributed by atoms with Crippen molar-refractivity contribution in [3.63, 3.8) is 0 Å². The van der Waals surface area contributed by atoms with Crippen LogP contribution >= 0.6 is 12.2 Å². The minimum Gasteiger partial charge on any atom is -0.497 e. The zero-order chi connectivity index (χ0) is 23.3. The highest BCUT2D eigenvalue weighted by Gasteiger charge is 2.23. The molecular weight excluding hydrogens is 454 g/mol. The third-order valence-corrected chi connectivity index (χ3v) is 8.16. The molecule has 4 N–H and O–H groups in total. The molecule has 4 rings (SSSR count). The molecule has 1 saturated carbocycles. The van der Waals surface area contributed by atoms with Gasteiger partial charge in [0.15, 0.2) is 5.11 Å². The van der Waals surface area contributed by atoms with Crippen LogP contribution in [-0.2, 0) is 9.92 Å². The Labute approximate surface area is 202 Å². The Morgan fingerprint density at radius 1 is 1.03 bits per heavy atom. The van der Waals surface area contributed by atoms with E-state index in [1.807, 2.05) is 24.3 Å². The molecule has 1 saturated heterocycles. The quantitative estimate of drug-likeness (QED) is 0.430. The fourth-order valence-electron chi connectivity index (χ4n) is 4.51. The molecule has 1 heterocycles. The molecule has 2 fully saturated rings. The van der Waals surface area contributed by atoms with E-state index in [2.05, 4.69) is 32.4 Å². The van der Waals surface area contributed by atoms with Gasteiger partial charge >= 0.3 is 0 Å². The second-order valence-electron chi connectivity index (χ2n) is 8.76. The lowest BCUT2D eigenvalue weighted by Crippen LogP contribution is -2.39. The Hall–Kier alpha value is -2.36. The Bertz CT molecular complexity index is 1040. The standard InChI is InChI=1S/C24H33N5O2S2/c1-31-22-11-9-21(10-12-22)29-16-15-20(17-29)27-24(32)26-18-7-13-23(14-8-18)33(25,30)28-19-5-3-2-4-6-19/h7-14,19-20H,2-6,15-17H2,1H3,(H2,25,28,30)(H2,26,27,32). The maximum absolute atomic E-state index is 12.9. The van der Waals surface area contributed by atoms with Crippen molar-refractivity contribution in [1.29, 1.82) is 4.78 Å². The number of ether oxygens (including phenoxy) is 1. The van der Waals surface area contributed by atoms with Crippen LogP contribution in [0.15, 0.2) is 53.4 Å². The number of benzene rings is 2. The molecule has 178 valence electrons. The van der Waals surface area contributed by atoms with Gasteiger partial charge in [-0.15, -0.1) is 0 Å². The minimum atomic E-state index is -3.00. The SMILES string of the molecule is COc1ccc(N2CCC(NC(=S)Nc3ccc(S(=N)(=O)NC4CCCCC4)cc3)C2)cc1. The van der Waals surface area contributed by atoms with Crippen molar-refractivity contribution in [2.24, 2.45) is 0 Å². The zero-order valence-corrected chi connectivity index (χ0v) is 20.6. The first-order valence-corrected chi connectivity index (χ1v) is 13.5. The predicted molar refractivity (Wildman–Crippen MR) is 139 cm³/mol. The van der Waals surface area contributed by atoms with E-state index in [0.717, 1.165) is 56.6 Å². The Morgan fingerprint density at radius 3 is 2.39 bits per heavy atom. The molecular formula is C24H33N5O2S2. The van der Waals surface area contributed by atoms with Crippen molar-refractivity contribution < 1.29 is 8.95 Å². The van der Waals surface area contributed by atoms with Crippen LogP contribution in [0.4, 0.5) is 11.4 Å². The largest absolute Gasteiger partial charge is 0.497 e. The number of methoxy groups -OCH3 is 1. The summed E-state index contributed by atoms with van der Waals surface area (Å²) in [6.07, 6.45) is 6.49. The Balaban J connectivity index is 1.27. The molecule has 0 radical (unpaired) electrons. The predicted octanol–water partition coefficient (Wildman–Crippen LogP) is 4.50. The molecule has 2 aromatic carbocycles. The van der Waals surface area contributed by atoms with E-state index in [-0.39, 0.29) is 12.1 Å². The summed E-state index contributed by atoms with van der Waals surface area (Å²) >= 11 is 5.51. The van der Waals surface area contributed by atoms with Crippen LogP contribution < -0.4 is 25.0 Å². The first-order chi connectivity index (χ1) is 15.9. The average molecular weight is 488 g/mol. The fourth-order valence-corrected chi connectivity index (χ4v) is 6.16. The maximum Gasteiger partial charge on any atom is 0.171 e. The minimum absolute atomic E-state index is 0.169. The lowest BCUT2D eigenvalue weighted by Gasteiger charge is -2.24. The summed E-state index contributed by atoms with van der Waals surface area (Å²) in [5, 5.41) is 7.17. The number of nitrogens with zero attached hydrogens (tertiary/aromatic N) is 1. The van der Waals surface area contributed by atoms with Gasteiger partial charge in [0.25, 0.3) is 0 Å². The third-order valence-electron chi connectivity index (χ3n) is 6.34. The summed E-state index contributed by atoms with van der Waals surface area (Å²) in [6.45, 7) is 1.84. The van der Waals surface area contributed by atoms with Gasteiger partial charge in [-0.1, -0.05) is 19.3 Å². The van der Waals surface area contributed by atoms with Gasteiger partial charge in [-0.3, -0.25) is 0 Å². The summed E-state index contributed by atoms with van der Waals surface area (Å²) in [5.74, 6) is 0.857. The normalized spacial score (nSPS) is 20.8. The topological polar surface area (TPSA) is 89.5 Å². The third kappa shape index (κ3) is 6.37. The van der Waals surface area contributed by atoms with Gasteiger partial charge in [0.2, 0.25) is 0 Å². The van der Waals surface area contributed by atoms with E-state index >= 15 is 0 Å². The maximum atomic E-state index is 12.9. The molecule has 2 aromatic rings. The van der Waals surface area contributed by atoms with Crippen LogP contribution in [-0.4, -0.2) is 41.6 Å². The second-order valence-corrected chi connectivity index (χ2v) is 11.0. The number of hydrogen-bond acceptors (Lipinski definition) is 5. The number of anilines is 2. The molecule has 0 aromatic heterocycles. The van der Waals surface area contributed by atoms with Gasteiger partial charge in [-0.2, -0.15) is 0 Å². The van der Waals surface area contributed by atoms with Crippen molar-refractivity contribution in [2.75, 3.05) is 30.4 Å². The number of hydrogen-bond donors (Lipinski definition) is 4. The van der Waals surface area contributed by atoms with Crippen LogP contribution in [0.3, 0.4) is 0 Å². The molecule has 0 spiro atoms. The average Bonchev–Trinajstić information content (AvgIpc) is 3.28. The van der Waals surface area contributed by atoms with Crippen LogP contribution in [0.5, 0.6) is 5.75 Å². The van der Waals surface area contributed by atoms with Gasteiger partial charge in [-0.05, 0) is 80.0 Å². The summed E-state index contributed by atoms with van der Waals surface area (Å²) in [5.41, 5.74) is 1.99. The lowest BCUT2D eigenvalue weighted by molar-refractivity contribution is 0.415. The van der Waals surface area contributed by atoms with Crippen LogP contribution in [0.1, 0.15) is 38.5 Å². The molecule has 2 aliphatic rings. The molecule has 9 heteroatoms. The molecule has 7 nitrogen and oxygen atoms in total. The highest BCUT2D eigenvalue weighted by atomic mass is 32.2. The van der Waals surface area contributed by atoms with Gasteiger partial charge in [0, 0.05) is 36.5 Å². The number of thiocarbonyl (C=S) groups is 1. The first kappa shape index (κ1) is 23.8. The molecule has 33 heavy (non-hydrogen) atoms. The van der Waals surface area contributed by atoms with E-state index < -0.39 is 9.92 Å². The zero-order valence-electron chi connectivity index (χ0n) is 19.0. The number of nitrogens with one attached hydrogen (secondary N) is 4. The van der Waals surface area contributed by atoms with Crippen molar-refractivity contribution >= 4 is 38.6 Å². The first-order valence-electron chi connectivity index (χ1n) is 11.6. The van der Waals surface area contributed by atoms with Crippen molar-refractivity contribution in [2.45, 2.75) is 55.5 Å². The van der Waals surface area contributed by atoms with E-state index in [1.54, 1.807) is 19.2 Å². The van der Waals surface area contributed by atoms with Gasteiger partial charge in [-0.25, -0.2) is 13.7 Å². The van der Waals surface area contributed by atoms with Crippen LogP contribution in [0.25, 0.3) is 0 Å². The fraction of sp³-hybridized carbons (Fsp3) is 0.458. The Morgan fingerprint density at radius 2 is 1.73 bits per heavy atom. The van der Waals surface area contributed by atoms with Gasteiger partial charge < -0.3 is 20.3 Å². The summed E-state index contributed by atoms with van der Waals surface area (Å²) in [4.78, 5) is 2.84. The monoisotopic (exact) mass is 487 g/mol. The van der Waals surface area contributed by atoms with Gasteiger partial charge in [0.1, 0.15) is 15.7 Å². The molecule has 2 unspecified atom stereocenters. The van der Waals surface area contributed by atoms with Crippen molar-refractivity contribution in [3.8, 4) is 5.75 Å². The summed E-state index contributed by atoms with van der Waals surface area (Å²) < 4.78 is 29.5. The van der Waals surface area contributed by atoms with E-state index in [1.165, 1.54) is 12.1 Å². The summed E-state index contributed by atoms with van der Waals surface area (Å²) in [6, 6.07) is 15.7. The lowest BCUT2D eigenvalue weighted by atomic mass is 9.96. The van der Waals surface area contributed by atoms with Crippen LogP contribution in [0, 0.1) is 4.78 Å². The van der Waals surface area contributed by atoms with Crippen molar-refractivity contribution in [3.05, 3.63) is 48.5 Å². The summed E-state index contributed by atoms with van der Waals surface area (Å²) in [7, 11) is -1.33. The van der Waals surface area contributed by atoms with Crippen molar-refractivity contribution in [1.82, 2.24) is 10.0 Å². The van der Waals surface area contributed by atoms with E-state index in [9.17, 15) is 4.21 Å². The highest BCUT2D eigenvalue weighted by molar-refractivity contribution is 7.90. The molecule has 0 amide bonds. The van der Waals surface area contributed by atoms with Crippen LogP contribution in [0.2, 0.25) is 0 Å². The second kappa shape index (κ2) is 10.7. The number of rotatable bonds is 7. The molecule has 2 atom stereocenters. The molecule has 1 aliphatic heterocycles.